The van der Waals surface area contributed by atoms with Crippen molar-refractivity contribution >= 4 is 35.8 Å². The lowest BCUT2D eigenvalue weighted by Crippen LogP contribution is -2.44. The molecule has 1 saturated heterocycles. The predicted octanol–water partition coefficient (Wildman–Crippen LogP) is 3.44. The molecule has 3 rings (SSSR count). The lowest BCUT2D eigenvalue weighted by atomic mass is 9.89. The fourth-order valence-corrected chi connectivity index (χ4v) is 4.34. The molecule has 1 heterocycles. The highest BCUT2D eigenvalue weighted by molar-refractivity contribution is 14.0. The van der Waals surface area contributed by atoms with Crippen LogP contribution in [0.15, 0.2) is 35.3 Å². The Kier molecular flexibility index (Phi) is 10.1. The highest BCUT2D eigenvalue weighted by atomic mass is 127. The fourth-order valence-electron chi connectivity index (χ4n) is 4.34. The zero-order valence-electron chi connectivity index (χ0n) is 17.0. The van der Waals surface area contributed by atoms with Crippen LogP contribution in [-0.4, -0.2) is 50.0 Å². The van der Waals surface area contributed by atoms with Gasteiger partial charge >= 0.3 is 0 Å². The summed E-state index contributed by atoms with van der Waals surface area (Å²) in [5.41, 5.74) is 1.41. The van der Waals surface area contributed by atoms with Gasteiger partial charge in [0, 0.05) is 39.1 Å². The number of aliphatic imine (C=N–C) groups is 1. The summed E-state index contributed by atoms with van der Waals surface area (Å²) in [7, 11) is 1.84. The van der Waals surface area contributed by atoms with Crippen molar-refractivity contribution in [2.24, 2.45) is 16.8 Å². The zero-order chi connectivity index (χ0) is 18.9. The molecular formula is C22H35IN4O. The van der Waals surface area contributed by atoms with E-state index in [1.165, 1.54) is 31.2 Å². The minimum Gasteiger partial charge on any atom is -0.354 e. The first kappa shape index (κ1) is 23.0. The summed E-state index contributed by atoms with van der Waals surface area (Å²) in [6, 6.07) is 10.7. The minimum atomic E-state index is 0. The van der Waals surface area contributed by atoms with Gasteiger partial charge in [-0.3, -0.25) is 9.79 Å². The SMILES string of the molecule is CN=C(NCCNC(=O)C1CCCCC1)N1CCC(Cc2ccccc2)C1.I. The summed E-state index contributed by atoms with van der Waals surface area (Å²) in [5.74, 6) is 2.10. The molecule has 2 N–H and O–H groups in total. The van der Waals surface area contributed by atoms with Crippen LogP contribution in [0.3, 0.4) is 0 Å². The van der Waals surface area contributed by atoms with Crippen molar-refractivity contribution in [3.63, 3.8) is 0 Å². The number of likely N-dealkylation sites (tertiary alicyclic amines) is 1. The van der Waals surface area contributed by atoms with Crippen molar-refractivity contribution in [2.45, 2.75) is 44.9 Å². The van der Waals surface area contributed by atoms with E-state index in [1.807, 2.05) is 7.05 Å². The van der Waals surface area contributed by atoms with Crippen molar-refractivity contribution in [3.05, 3.63) is 35.9 Å². The molecule has 156 valence electrons. The molecule has 0 bridgehead atoms. The van der Waals surface area contributed by atoms with Gasteiger partial charge in [0.1, 0.15) is 0 Å². The van der Waals surface area contributed by atoms with Gasteiger partial charge in [-0.15, -0.1) is 24.0 Å². The Labute approximate surface area is 186 Å². The number of rotatable bonds is 6. The molecule has 5 nitrogen and oxygen atoms in total. The average molecular weight is 498 g/mol. The molecule has 1 saturated carbocycles. The number of hydrogen-bond donors (Lipinski definition) is 2. The topological polar surface area (TPSA) is 56.7 Å². The quantitative estimate of drug-likeness (QED) is 0.274. The Morgan fingerprint density at radius 1 is 1.07 bits per heavy atom. The summed E-state index contributed by atoms with van der Waals surface area (Å²) in [6.45, 7) is 3.48. The van der Waals surface area contributed by atoms with E-state index in [1.54, 1.807) is 0 Å². The van der Waals surface area contributed by atoms with E-state index in [4.69, 9.17) is 0 Å². The monoisotopic (exact) mass is 498 g/mol. The Morgan fingerprint density at radius 3 is 2.50 bits per heavy atom. The smallest absolute Gasteiger partial charge is 0.223 e. The van der Waals surface area contributed by atoms with E-state index in [-0.39, 0.29) is 35.8 Å². The summed E-state index contributed by atoms with van der Waals surface area (Å²) in [6.07, 6.45) is 8.11. The van der Waals surface area contributed by atoms with Crippen molar-refractivity contribution in [1.82, 2.24) is 15.5 Å². The maximum absolute atomic E-state index is 12.2. The molecule has 1 unspecified atom stereocenters. The minimum absolute atomic E-state index is 0. The molecule has 0 aromatic heterocycles. The highest BCUT2D eigenvalue weighted by Gasteiger charge is 2.25. The van der Waals surface area contributed by atoms with Crippen molar-refractivity contribution < 1.29 is 4.79 Å². The summed E-state index contributed by atoms with van der Waals surface area (Å²) >= 11 is 0. The number of nitrogens with zero attached hydrogens (tertiary/aromatic N) is 2. The second kappa shape index (κ2) is 12.3. The van der Waals surface area contributed by atoms with Gasteiger partial charge in [-0.1, -0.05) is 49.6 Å². The first-order valence-corrected chi connectivity index (χ1v) is 10.5. The van der Waals surface area contributed by atoms with Gasteiger partial charge < -0.3 is 15.5 Å². The number of nitrogens with one attached hydrogen (secondary N) is 2. The zero-order valence-corrected chi connectivity index (χ0v) is 19.4. The highest BCUT2D eigenvalue weighted by Crippen LogP contribution is 2.23. The summed E-state index contributed by atoms with van der Waals surface area (Å²) < 4.78 is 0. The Balaban J connectivity index is 0.00000280. The van der Waals surface area contributed by atoms with Crippen LogP contribution >= 0.6 is 24.0 Å². The first-order chi connectivity index (χ1) is 13.3. The van der Waals surface area contributed by atoms with E-state index in [0.717, 1.165) is 44.9 Å². The molecule has 2 fully saturated rings. The normalized spacial score (nSPS) is 20.5. The second-order valence-corrected chi connectivity index (χ2v) is 7.89. The van der Waals surface area contributed by atoms with Crippen LogP contribution in [0, 0.1) is 11.8 Å². The summed E-state index contributed by atoms with van der Waals surface area (Å²) in [4.78, 5) is 19.0. The Bertz CT molecular complexity index is 616. The number of hydrogen-bond acceptors (Lipinski definition) is 2. The van der Waals surface area contributed by atoms with Gasteiger partial charge in [-0.05, 0) is 37.2 Å². The van der Waals surface area contributed by atoms with Crippen LogP contribution in [0.5, 0.6) is 0 Å². The predicted molar refractivity (Wildman–Crippen MR) is 126 cm³/mol. The van der Waals surface area contributed by atoms with Gasteiger partial charge in [0.15, 0.2) is 5.96 Å². The molecule has 1 amide bonds. The van der Waals surface area contributed by atoms with Crippen LogP contribution in [0.4, 0.5) is 0 Å². The number of halogens is 1. The molecule has 28 heavy (non-hydrogen) atoms. The number of carbonyl (C=O) groups excluding carboxylic acids is 1. The van der Waals surface area contributed by atoms with Crippen LogP contribution in [0.1, 0.15) is 44.1 Å². The third kappa shape index (κ3) is 6.94. The van der Waals surface area contributed by atoms with Crippen molar-refractivity contribution in [1.29, 1.82) is 0 Å². The molecule has 2 aliphatic rings. The van der Waals surface area contributed by atoms with Crippen LogP contribution in [0.25, 0.3) is 0 Å². The van der Waals surface area contributed by atoms with Crippen LogP contribution in [0.2, 0.25) is 0 Å². The van der Waals surface area contributed by atoms with Gasteiger partial charge in [0.2, 0.25) is 5.91 Å². The van der Waals surface area contributed by atoms with Gasteiger partial charge in [0.25, 0.3) is 0 Å². The molecule has 1 aliphatic carbocycles. The van der Waals surface area contributed by atoms with Crippen LogP contribution in [-0.2, 0) is 11.2 Å². The molecule has 1 aliphatic heterocycles. The molecule has 6 heteroatoms. The molecule has 1 aromatic carbocycles. The fraction of sp³-hybridized carbons (Fsp3) is 0.636. The van der Waals surface area contributed by atoms with E-state index < -0.39 is 0 Å². The molecule has 1 aromatic rings. The van der Waals surface area contributed by atoms with Gasteiger partial charge in [-0.25, -0.2) is 0 Å². The Morgan fingerprint density at radius 2 is 1.79 bits per heavy atom. The maximum atomic E-state index is 12.2. The number of benzene rings is 1. The average Bonchev–Trinajstić information content (AvgIpc) is 3.17. The van der Waals surface area contributed by atoms with Crippen molar-refractivity contribution in [3.8, 4) is 0 Å². The number of carbonyl (C=O) groups is 1. The van der Waals surface area contributed by atoms with E-state index in [9.17, 15) is 4.79 Å². The lowest BCUT2D eigenvalue weighted by Gasteiger charge is -2.23. The van der Waals surface area contributed by atoms with E-state index in [0.29, 0.717) is 12.5 Å². The largest absolute Gasteiger partial charge is 0.354 e. The third-order valence-electron chi connectivity index (χ3n) is 5.85. The standard InChI is InChI=1S/C22H34N4O.HI/c1-23-22(25-14-13-24-21(27)20-10-6-3-7-11-20)26-15-12-19(17-26)16-18-8-4-2-5-9-18;/h2,4-5,8-9,19-20H,3,6-7,10-17H2,1H3,(H,23,25)(H,24,27);1H. The van der Waals surface area contributed by atoms with Crippen LogP contribution < -0.4 is 10.6 Å². The maximum Gasteiger partial charge on any atom is 0.223 e. The molecule has 0 radical (unpaired) electrons. The third-order valence-corrected chi connectivity index (χ3v) is 5.85. The second-order valence-electron chi connectivity index (χ2n) is 7.89. The van der Waals surface area contributed by atoms with Crippen molar-refractivity contribution in [2.75, 3.05) is 33.2 Å². The van der Waals surface area contributed by atoms with Gasteiger partial charge in [0.05, 0.1) is 0 Å². The van der Waals surface area contributed by atoms with E-state index in [2.05, 4.69) is 50.9 Å². The van der Waals surface area contributed by atoms with E-state index >= 15 is 0 Å². The van der Waals surface area contributed by atoms with Gasteiger partial charge in [-0.2, -0.15) is 0 Å². The lowest BCUT2D eigenvalue weighted by molar-refractivity contribution is -0.125. The first-order valence-electron chi connectivity index (χ1n) is 10.5. The number of guanidine groups is 1. The Hall–Kier alpha value is -1.31. The number of amides is 1. The molecular weight excluding hydrogens is 463 g/mol. The molecule has 1 atom stereocenters. The summed E-state index contributed by atoms with van der Waals surface area (Å²) in [5, 5.41) is 6.50. The molecule has 0 spiro atoms.